The molecule has 0 unspecified atom stereocenters. The summed E-state index contributed by atoms with van der Waals surface area (Å²) < 4.78 is 32.5. The predicted molar refractivity (Wildman–Crippen MR) is 118 cm³/mol. The number of amides is 2. The van der Waals surface area contributed by atoms with E-state index < -0.39 is 10.0 Å². The maximum atomic E-state index is 13.2. The molecule has 0 atom stereocenters. The smallest absolute Gasteiger partial charge is 0.257 e. The fraction of sp³-hybridized carbons (Fsp3) is 0.636. The lowest BCUT2D eigenvalue weighted by molar-refractivity contribution is -0.136. The second kappa shape index (κ2) is 9.99. The summed E-state index contributed by atoms with van der Waals surface area (Å²) in [5.41, 5.74) is 0.228. The molecule has 172 valence electrons. The summed E-state index contributed by atoms with van der Waals surface area (Å²) >= 11 is 0. The van der Waals surface area contributed by atoms with Crippen molar-refractivity contribution in [3.05, 3.63) is 23.8 Å². The Bertz CT molecular complexity index is 900. The Morgan fingerprint density at radius 2 is 1.61 bits per heavy atom. The van der Waals surface area contributed by atoms with Crippen LogP contribution in [0.5, 0.6) is 5.75 Å². The SMILES string of the molecule is CCN(CC)S(=O)(=O)c1ccc(OC)c(C(=O)N2CCN(C(=O)C3CCCC3)CC2)c1. The quantitative estimate of drug-likeness (QED) is 0.634. The lowest BCUT2D eigenvalue weighted by Gasteiger charge is -2.36. The minimum absolute atomic E-state index is 0.0791. The molecule has 1 heterocycles. The largest absolute Gasteiger partial charge is 0.496 e. The summed E-state index contributed by atoms with van der Waals surface area (Å²) in [6.45, 7) is 6.12. The molecule has 1 aromatic rings. The molecule has 0 bridgehead atoms. The number of hydrogen-bond donors (Lipinski definition) is 0. The zero-order chi connectivity index (χ0) is 22.6. The molecule has 1 saturated carbocycles. The summed E-state index contributed by atoms with van der Waals surface area (Å²) in [6.07, 6.45) is 4.15. The molecule has 2 amide bonds. The third-order valence-corrected chi connectivity index (χ3v) is 8.37. The van der Waals surface area contributed by atoms with E-state index in [2.05, 4.69) is 0 Å². The molecule has 31 heavy (non-hydrogen) atoms. The van der Waals surface area contributed by atoms with Gasteiger partial charge >= 0.3 is 0 Å². The van der Waals surface area contributed by atoms with Gasteiger partial charge in [-0.05, 0) is 31.0 Å². The zero-order valence-electron chi connectivity index (χ0n) is 18.7. The summed E-state index contributed by atoms with van der Waals surface area (Å²) in [4.78, 5) is 29.5. The van der Waals surface area contributed by atoms with Gasteiger partial charge in [0, 0.05) is 45.2 Å². The summed E-state index contributed by atoms with van der Waals surface area (Å²) in [5.74, 6) is 0.396. The van der Waals surface area contributed by atoms with E-state index in [1.54, 1.807) is 18.7 Å². The van der Waals surface area contributed by atoms with Gasteiger partial charge in [-0.3, -0.25) is 9.59 Å². The van der Waals surface area contributed by atoms with E-state index in [-0.39, 0.29) is 28.2 Å². The van der Waals surface area contributed by atoms with E-state index in [4.69, 9.17) is 4.74 Å². The normalized spacial score (nSPS) is 17.9. The zero-order valence-corrected chi connectivity index (χ0v) is 19.5. The first kappa shape index (κ1) is 23.5. The van der Waals surface area contributed by atoms with Crippen molar-refractivity contribution in [2.45, 2.75) is 44.4 Å². The molecule has 1 aromatic carbocycles. The van der Waals surface area contributed by atoms with Crippen molar-refractivity contribution in [2.24, 2.45) is 5.92 Å². The minimum atomic E-state index is -3.69. The topological polar surface area (TPSA) is 87.2 Å². The van der Waals surface area contributed by atoms with Gasteiger partial charge in [0.1, 0.15) is 5.75 Å². The number of hydrogen-bond acceptors (Lipinski definition) is 5. The lowest BCUT2D eigenvalue weighted by atomic mass is 10.1. The molecule has 1 aliphatic heterocycles. The molecule has 1 saturated heterocycles. The predicted octanol–water partition coefficient (Wildman–Crippen LogP) is 2.20. The van der Waals surface area contributed by atoms with E-state index in [9.17, 15) is 18.0 Å². The third kappa shape index (κ3) is 4.87. The van der Waals surface area contributed by atoms with Crippen LogP contribution in [0.3, 0.4) is 0 Å². The maximum Gasteiger partial charge on any atom is 0.257 e. The number of methoxy groups -OCH3 is 1. The Morgan fingerprint density at radius 3 is 2.16 bits per heavy atom. The Labute approximate surface area is 185 Å². The van der Waals surface area contributed by atoms with Gasteiger partial charge in [0.05, 0.1) is 17.6 Å². The van der Waals surface area contributed by atoms with Gasteiger partial charge in [0.25, 0.3) is 5.91 Å². The second-order valence-electron chi connectivity index (χ2n) is 8.05. The number of ether oxygens (including phenoxy) is 1. The van der Waals surface area contributed by atoms with Crippen LogP contribution in [0, 0.1) is 5.92 Å². The highest BCUT2D eigenvalue weighted by molar-refractivity contribution is 7.89. The lowest BCUT2D eigenvalue weighted by Crippen LogP contribution is -2.51. The molecule has 0 spiro atoms. The molecule has 0 N–H and O–H groups in total. The highest BCUT2D eigenvalue weighted by Crippen LogP contribution is 2.28. The molecule has 9 heteroatoms. The molecule has 1 aliphatic carbocycles. The van der Waals surface area contributed by atoms with Crippen LogP contribution in [-0.4, -0.2) is 80.7 Å². The van der Waals surface area contributed by atoms with Gasteiger partial charge < -0.3 is 14.5 Å². The summed E-state index contributed by atoms with van der Waals surface area (Å²) in [7, 11) is -2.23. The van der Waals surface area contributed by atoms with Crippen LogP contribution in [-0.2, 0) is 14.8 Å². The van der Waals surface area contributed by atoms with E-state index in [0.29, 0.717) is 45.0 Å². The first-order valence-corrected chi connectivity index (χ1v) is 12.5. The van der Waals surface area contributed by atoms with Gasteiger partial charge in [-0.2, -0.15) is 4.31 Å². The highest BCUT2D eigenvalue weighted by Gasteiger charge is 2.32. The Balaban J connectivity index is 1.76. The van der Waals surface area contributed by atoms with E-state index in [0.717, 1.165) is 25.7 Å². The van der Waals surface area contributed by atoms with Gasteiger partial charge in [-0.1, -0.05) is 26.7 Å². The number of nitrogens with zero attached hydrogens (tertiary/aromatic N) is 3. The molecule has 2 aliphatic rings. The maximum absolute atomic E-state index is 13.2. The van der Waals surface area contributed by atoms with Crippen molar-refractivity contribution in [3.63, 3.8) is 0 Å². The van der Waals surface area contributed by atoms with Crippen molar-refractivity contribution < 1.29 is 22.7 Å². The van der Waals surface area contributed by atoms with Crippen LogP contribution in [0.4, 0.5) is 0 Å². The van der Waals surface area contributed by atoms with E-state index in [1.165, 1.54) is 29.6 Å². The molecule has 2 fully saturated rings. The number of carbonyl (C=O) groups is 2. The van der Waals surface area contributed by atoms with Gasteiger partial charge in [0.2, 0.25) is 15.9 Å². The summed E-state index contributed by atoms with van der Waals surface area (Å²) in [5, 5.41) is 0. The van der Waals surface area contributed by atoms with Crippen LogP contribution in [0.25, 0.3) is 0 Å². The van der Waals surface area contributed by atoms with Crippen LogP contribution in [0.15, 0.2) is 23.1 Å². The fourth-order valence-electron chi connectivity index (χ4n) is 4.46. The average molecular weight is 452 g/mol. The summed E-state index contributed by atoms with van der Waals surface area (Å²) in [6, 6.07) is 4.41. The monoisotopic (exact) mass is 451 g/mol. The number of piperazine rings is 1. The van der Waals surface area contributed by atoms with Crippen LogP contribution < -0.4 is 4.74 Å². The molecule has 8 nitrogen and oxygen atoms in total. The minimum Gasteiger partial charge on any atom is -0.496 e. The molecular weight excluding hydrogens is 418 g/mol. The highest BCUT2D eigenvalue weighted by atomic mass is 32.2. The molecule has 0 aromatic heterocycles. The van der Waals surface area contributed by atoms with Crippen molar-refractivity contribution >= 4 is 21.8 Å². The Hall–Kier alpha value is -2.13. The Morgan fingerprint density at radius 1 is 1.03 bits per heavy atom. The van der Waals surface area contributed by atoms with Crippen molar-refractivity contribution in [1.82, 2.24) is 14.1 Å². The molecular formula is C22H33N3O5S. The van der Waals surface area contributed by atoms with E-state index in [1.807, 2.05) is 4.90 Å². The Kier molecular flexibility index (Phi) is 7.59. The van der Waals surface area contributed by atoms with Gasteiger partial charge in [-0.15, -0.1) is 0 Å². The van der Waals surface area contributed by atoms with Crippen molar-refractivity contribution in [3.8, 4) is 5.75 Å². The third-order valence-electron chi connectivity index (χ3n) is 6.33. The second-order valence-corrected chi connectivity index (χ2v) is 9.99. The number of rotatable bonds is 7. The van der Waals surface area contributed by atoms with Crippen LogP contribution >= 0.6 is 0 Å². The van der Waals surface area contributed by atoms with Crippen molar-refractivity contribution in [1.29, 1.82) is 0 Å². The molecule has 3 rings (SSSR count). The van der Waals surface area contributed by atoms with Crippen molar-refractivity contribution in [2.75, 3.05) is 46.4 Å². The first-order chi connectivity index (χ1) is 14.8. The van der Waals surface area contributed by atoms with Crippen LogP contribution in [0.1, 0.15) is 49.9 Å². The number of carbonyl (C=O) groups excluding carboxylic acids is 2. The standard InChI is InChI=1S/C22H33N3O5S/c1-4-25(5-2)31(28,29)18-10-11-20(30-3)19(16-18)22(27)24-14-12-23(13-15-24)21(26)17-8-6-7-9-17/h10-11,16-17H,4-9,12-15H2,1-3H3. The fourth-order valence-corrected chi connectivity index (χ4v) is 5.94. The molecule has 0 radical (unpaired) electrons. The average Bonchev–Trinajstić information content (AvgIpc) is 3.33. The first-order valence-electron chi connectivity index (χ1n) is 11.1. The van der Waals surface area contributed by atoms with Gasteiger partial charge in [0.15, 0.2) is 0 Å². The van der Waals surface area contributed by atoms with Crippen LogP contribution in [0.2, 0.25) is 0 Å². The van der Waals surface area contributed by atoms with E-state index >= 15 is 0 Å². The number of benzene rings is 1. The number of sulfonamides is 1. The van der Waals surface area contributed by atoms with Gasteiger partial charge in [-0.25, -0.2) is 8.42 Å².